The van der Waals surface area contributed by atoms with Crippen LogP contribution < -0.4 is 5.32 Å². The summed E-state index contributed by atoms with van der Waals surface area (Å²) >= 11 is 0. The van der Waals surface area contributed by atoms with Gasteiger partial charge in [0.25, 0.3) is 5.91 Å². The zero-order valence-electron chi connectivity index (χ0n) is 10.4. The van der Waals surface area contributed by atoms with Crippen LogP contribution in [0, 0.1) is 0 Å². The first-order chi connectivity index (χ1) is 9.83. The molecule has 100 valence electrons. The minimum atomic E-state index is -0.297. The molecule has 0 fully saturated rings. The van der Waals surface area contributed by atoms with E-state index in [-0.39, 0.29) is 18.2 Å². The van der Waals surface area contributed by atoms with Crippen LogP contribution in [0.3, 0.4) is 0 Å². The fourth-order valence-corrected chi connectivity index (χ4v) is 1.66. The molecule has 0 aliphatic carbocycles. The summed E-state index contributed by atoms with van der Waals surface area (Å²) in [6, 6.07) is 6.92. The number of pyridine rings is 1. The highest BCUT2D eigenvalue weighted by Gasteiger charge is 2.10. The predicted molar refractivity (Wildman–Crippen MR) is 69.5 cm³/mol. The molecule has 0 radical (unpaired) electrons. The van der Waals surface area contributed by atoms with Crippen LogP contribution in [0.15, 0.2) is 47.3 Å². The number of nitrogens with zero attached hydrogens (tertiary/aromatic N) is 3. The molecule has 0 spiro atoms. The monoisotopic (exact) mass is 269 g/mol. The maximum atomic E-state index is 11.7. The second kappa shape index (κ2) is 5.35. The molecule has 0 saturated carbocycles. The van der Waals surface area contributed by atoms with E-state index in [1.165, 1.54) is 6.26 Å². The molecule has 0 aliphatic heterocycles. The summed E-state index contributed by atoms with van der Waals surface area (Å²) in [6.45, 7) is 0.243. The largest absolute Gasteiger partial charge is 0.459 e. The van der Waals surface area contributed by atoms with E-state index >= 15 is 0 Å². The lowest BCUT2D eigenvalue weighted by Gasteiger charge is -1.99. The minimum absolute atomic E-state index is 0.243. The highest BCUT2D eigenvalue weighted by molar-refractivity contribution is 5.91. The molecule has 20 heavy (non-hydrogen) atoms. The van der Waals surface area contributed by atoms with E-state index in [0.717, 1.165) is 5.56 Å². The lowest BCUT2D eigenvalue weighted by Crippen LogP contribution is -2.22. The van der Waals surface area contributed by atoms with Crippen LogP contribution >= 0.6 is 0 Å². The van der Waals surface area contributed by atoms with Crippen molar-refractivity contribution < 1.29 is 9.21 Å². The Kier molecular flexibility index (Phi) is 3.24. The van der Waals surface area contributed by atoms with Gasteiger partial charge in [0.05, 0.1) is 12.8 Å². The van der Waals surface area contributed by atoms with Gasteiger partial charge in [-0.3, -0.25) is 14.9 Å². The first-order valence-electron chi connectivity index (χ1n) is 5.96. The molecule has 2 N–H and O–H groups in total. The summed E-state index contributed by atoms with van der Waals surface area (Å²) in [4.78, 5) is 20.0. The number of furan rings is 1. The number of carbonyl (C=O) groups is 1. The van der Waals surface area contributed by atoms with Crippen LogP contribution in [-0.4, -0.2) is 26.1 Å². The molecule has 3 aromatic rings. The van der Waals surface area contributed by atoms with Crippen LogP contribution in [0.1, 0.15) is 16.4 Å². The van der Waals surface area contributed by atoms with Gasteiger partial charge in [-0.1, -0.05) is 0 Å². The molecule has 7 heteroatoms. The molecule has 3 rings (SSSR count). The number of H-pyrrole nitrogens is 1. The second-order valence-electron chi connectivity index (χ2n) is 4.01. The van der Waals surface area contributed by atoms with Crippen LogP contribution in [0.2, 0.25) is 0 Å². The molecular weight excluding hydrogens is 258 g/mol. The van der Waals surface area contributed by atoms with Crippen molar-refractivity contribution in [3.8, 4) is 11.4 Å². The van der Waals surface area contributed by atoms with Crippen molar-refractivity contribution in [2.75, 3.05) is 0 Å². The molecule has 0 saturated heterocycles. The summed E-state index contributed by atoms with van der Waals surface area (Å²) in [5, 5.41) is 9.53. The highest BCUT2D eigenvalue weighted by atomic mass is 16.3. The Labute approximate surface area is 114 Å². The fraction of sp³-hybridized carbons (Fsp3) is 0.0769. The van der Waals surface area contributed by atoms with Crippen LogP contribution in [0.5, 0.6) is 0 Å². The smallest absolute Gasteiger partial charge is 0.287 e. The summed E-state index contributed by atoms with van der Waals surface area (Å²) < 4.78 is 4.99. The van der Waals surface area contributed by atoms with Crippen molar-refractivity contribution in [1.82, 2.24) is 25.5 Å². The standard InChI is InChI=1S/C13H11N5O2/c19-13(10-4-2-6-20-10)15-8-11-16-12(18-17-11)9-3-1-5-14-7-9/h1-7H,8H2,(H,15,19)(H,16,17,18). The number of carbonyl (C=O) groups excluding carboxylic acids is 1. The van der Waals surface area contributed by atoms with E-state index in [2.05, 4.69) is 25.5 Å². The van der Waals surface area contributed by atoms with Gasteiger partial charge < -0.3 is 9.73 Å². The summed E-state index contributed by atoms with van der Waals surface area (Å²) in [5.74, 6) is 1.07. The number of nitrogens with one attached hydrogen (secondary N) is 2. The molecule has 3 heterocycles. The van der Waals surface area contributed by atoms with Gasteiger partial charge in [0.1, 0.15) is 5.82 Å². The van der Waals surface area contributed by atoms with Gasteiger partial charge in [0.15, 0.2) is 11.6 Å². The van der Waals surface area contributed by atoms with Crippen molar-refractivity contribution in [2.24, 2.45) is 0 Å². The third-order valence-electron chi connectivity index (χ3n) is 2.61. The van der Waals surface area contributed by atoms with Crippen molar-refractivity contribution in [2.45, 2.75) is 6.54 Å². The van der Waals surface area contributed by atoms with Gasteiger partial charge in [-0.05, 0) is 24.3 Å². The van der Waals surface area contributed by atoms with E-state index in [9.17, 15) is 4.79 Å². The third-order valence-corrected chi connectivity index (χ3v) is 2.61. The lowest BCUT2D eigenvalue weighted by molar-refractivity contribution is 0.0922. The molecule has 3 aromatic heterocycles. The van der Waals surface area contributed by atoms with Gasteiger partial charge >= 0.3 is 0 Å². The number of aromatic nitrogens is 4. The Balaban J connectivity index is 1.65. The van der Waals surface area contributed by atoms with Gasteiger partial charge in [-0.25, -0.2) is 4.98 Å². The summed E-state index contributed by atoms with van der Waals surface area (Å²) in [6.07, 6.45) is 4.80. The molecule has 7 nitrogen and oxygen atoms in total. The predicted octanol–water partition coefficient (Wildman–Crippen LogP) is 1.39. The van der Waals surface area contributed by atoms with Gasteiger partial charge in [-0.15, -0.1) is 0 Å². The normalized spacial score (nSPS) is 10.4. The molecular formula is C13H11N5O2. The minimum Gasteiger partial charge on any atom is -0.459 e. The average Bonchev–Trinajstić information content (AvgIpc) is 3.17. The summed E-state index contributed by atoms with van der Waals surface area (Å²) in [7, 11) is 0. The van der Waals surface area contributed by atoms with Crippen molar-refractivity contribution >= 4 is 5.91 Å². The number of hydrogen-bond acceptors (Lipinski definition) is 5. The average molecular weight is 269 g/mol. The first kappa shape index (κ1) is 12.1. The topological polar surface area (TPSA) is 96.7 Å². The molecule has 0 atom stereocenters. The number of aromatic amines is 1. The van der Waals surface area contributed by atoms with Crippen molar-refractivity contribution in [1.29, 1.82) is 0 Å². The molecule has 1 amide bonds. The Morgan fingerprint density at radius 2 is 2.30 bits per heavy atom. The van der Waals surface area contributed by atoms with Crippen LogP contribution in [0.25, 0.3) is 11.4 Å². The van der Waals surface area contributed by atoms with E-state index in [4.69, 9.17) is 4.42 Å². The second-order valence-corrected chi connectivity index (χ2v) is 4.01. The van der Waals surface area contributed by atoms with Crippen LogP contribution in [0.4, 0.5) is 0 Å². The highest BCUT2D eigenvalue weighted by Crippen LogP contribution is 2.11. The quantitative estimate of drug-likeness (QED) is 0.746. The van der Waals surface area contributed by atoms with E-state index < -0.39 is 0 Å². The van der Waals surface area contributed by atoms with Gasteiger partial charge in [0, 0.05) is 18.0 Å². The Morgan fingerprint density at radius 1 is 1.35 bits per heavy atom. The Hall–Kier alpha value is -2.96. The Morgan fingerprint density at radius 3 is 3.05 bits per heavy atom. The van der Waals surface area contributed by atoms with E-state index in [1.54, 1.807) is 24.5 Å². The molecule has 0 unspecified atom stereocenters. The molecule has 0 bridgehead atoms. The number of rotatable bonds is 4. The maximum Gasteiger partial charge on any atom is 0.287 e. The third kappa shape index (κ3) is 2.56. The lowest BCUT2D eigenvalue weighted by atomic mass is 10.3. The fourth-order valence-electron chi connectivity index (χ4n) is 1.66. The molecule has 0 aromatic carbocycles. The zero-order valence-corrected chi connectivity index (χ0v) is 10.4. The van der Waals surface area contributed by atoms with Crippen LogP contribution in [-0.2, 0) is 6.54 Å². The number of amides is 1. The molecule has 0 aliphatic rings. The first-order valence-corrected chi connectivity index (χ1v) is 5.96. The van der Waals surface area contributed by atoms with E-state index in [1.807, 2.05) is 12.1 Å². The number of hydrogen-bond donors (Lipinski definition) is 2. The summed E-state index contributed by atoms with van der Waals surface area (Å²) in [5.41, 5.74) is 0.812. The Bertz CT molecular complexity index is 691. The maximum absolute atomic E-state index is 11.7. The SMILES string of the molecule is O=C(NCc1nc(-c2cccnc2)n[nH]1)c1ccco1. The van der Waals surface area contributed by atoms with E-state index in [0.29, 0.717) is 11.6 Å². The van der Waals surface area contributed by atoms with Crippen molar-refractivity contribution in [3.63, 3.8) is 0 Å². The van der Waals surface area contributed by atoms with Gasteiger partial charge in [0.2, 0.25) is 0 Å². The van der Waals surface area contributed by atoms with Gasteiger partial charge in [-0.2, -0.15) is 5.10 Å². The zero-order chi connectivity index (χ0) is 13.8. The van der Waals surface area contributed by atoms with Crippen molar-refractivity contribution in [3.05, 3.63) is 54.5 Å².